The van der Waals surface area contributed by atoms with E-state index in [1.54, 1.807) is 11.3 Å². The van der Waals surface area contributed by atoms with Crippen LogP contribution in [0.25, 0.3) is 0 Å². The molecule has 1 aromatic heterocycles. The average molecular weight is 267 g/mol. The minimum Gasteiger partial charge on any atom is -0.317 e. The Labute approximate surface area is 115 Å². The number of thiazole rings is 1. The molecule has 2 rings (SSSR count). The van der Waals surface area contributed by atoms with Crippen LogP contribution in [0.3, 0.4) is 0 Å². The molecule has 1 fully saturated rings. The Morgan fingerprint density at radius 2 is 2.22 bits per heavy atom. The van der Waals surface area contributed by atoms with E-state index in [-0.39, 0.29) is 0 Å². The van der Waals surface area contributed by atoms with E-state index in [0.717, 1.165) is 12.3 Å². The highest BCUT2D eigenvalue weighted by molar-refractivity contribution is 7.09. The van der Waals surface area contributed by atoms with Gasteiger partial charge in [-0.2, -0.15) is 0 Å². The lowest BCUT2D eigenvalue weighted by atomic mass is 9.97. The van der Waals surface area contributed by atoms with Gasteiger partial charge in [0, 0.05) is 18.0 Å². The Morgan fingerprint density at radius 3 is 2.83 bits per heavy atom. The van der Waals surface area contributed by atoms with Crippen molar-refractivity contribution in [3.05, 3.63) is 16.1 Å². The normalized spacial score (nSPS) is 17.5. The molecule has 0 unspecified atom stereocenters. The second-order valence-corrected chi connectivity index (χ2v) is 6.14. The van der Waals surface area contributed by atoms with E-state index < -0.39 is 0 Å². The van der Waals surface area contributed by atoms with Crippen molar-refractivity contribution in [3.8, 4) is 0 Å². The summed E-state index contributed by atoms with van der Waals surface area (Å²) in [5.41, 5.74) is 3.19. The van der Waals surface area contributed by atoms with Gasteiger partial charge < -0.3 is 10.2 Å². The number of hydrogen-bond donors (Lipinski definition) is 1. The van der Waals surface area contributed by atoms with Gasteiger partial charge in [0.05, 0.1) is 11.2 Å². The molecule has 3 nitrogen and oxygen atoms in total. The van der Waals surface area contributed by atoms with Crippen LogP contribution in [0.1, 0.15) is 30.3 Å². The molecule has 2 heterocycles. The number of aromatic nitrogens is 1. The molecule has 0 atom stereocenters. The van der Waals surface area contributed by atoms with Crippen LogP contribution in [0.15, 0.2) is 5.51 Å². The maximum atomic E-state index is 4.33. The number of piperidine rings is 1. The van der Waals surface area contributed by atoms with Gasteiger partial charge in [-0.05, 0) is 51.7 Å². The summed E-state index contributed by atoms with van der Waals surface area (Å²) in [6.45, 7) is 10.4. The van der Waals surface area contributed by atoms with Crippen LogP contribution < -0.4 is 5.32 Å². The van der Waals surface area contributed by atoms with Crippen LogP contribution in [0.4, 0.5) is 0 Å². The molecule has 0 saturated carbocycles. The van der Waals surface area contributed by atoms with Gasteiger partial charge in [0.1, 0.15) is 0 Å². The van der Waals surface area contributed by atoms with E-state index in [9.17, 15) is 0 Å². The van der Waals surface area contributed by atoms with Gasteiger partial charge in [-0.1, -0.05) is 6.92 Å². The summed E-state index contributed by atoms with van der Waals surface area (Å²) in [5.74, 6) is 0.897. The Bertz CT molecular complexity index is 345. The molecular weight excluding hydrogens is 242 g/mol. The number of rotatable bonds is 6. The third-order valence-electron chi connectivity index (χ3n) is 3.92. The number of nitrogens with zero attached hydrogens (tertiary/aromatic N) is 2. The molecule has 0 radical (unpaired) electrons. The molecule has 1 saturated heterocycles. The van der Waals surface area contributed by atoms with Crippen molar-refractivity contribution < 1.29 is 0 Å². The number of nitrogens with one attached hydrogen (secondary N) is 1. The van der Waals surface area contributed by atoms with Crippen LogP contribution in [0.2, 0.25) is 0 Å². The first-order valence-corrected chi connectivity index (χ1v) is 7.99. The smallest absolute Gasteiger partial charge is 0.0797 e. The number of likely N-dealkylation sites (N-methyl/N-ethyl adjacent to an activating group) is 1. The van der Waals surface area contributed by atoms with Crippen molar-refractivity contribution in [3.63, 3.8) is 0 Å². The molecule has 0 amide bonds. The molecule has 1 aromatic rings. The third kappa shape index (κ3) is 4.04. The lowest BCUT2D eigenvalue weighted by molar-refractivity contribution is 0.216. The third-order valence-corrected chi connectivity index (χ3v) is 4.92. The van der Waals surface area contributed by atoms with Crippen molar-refractivity contribution in [1.29, 1.82) is 0 Å². The molecular formula is C14H25N3S. The summed E-state index contributed by atoms with van der Waals surface area (Å²) < 4.78 is 0. The number of aryl methyl sites for hydroxylation is 1. The van der Waals surface area contributed by atoms with Gasteiger partial charge in [0.15, 0.2) is 0 Å². The highest BCUT2D eigenvalue weighted by Crippen LogP contribution is 2.16. The van der Waals surface area contributed by atoms with Crippen molar-refractivity contribution >= 4 is 11.3 Å². The zero-order valence-electron chi connectivity index (χ0n) is 11.6. The Hall–Kier alpha value is -0.450. The molecule has 4 heteroatoms. The fourth-order valence-corrected chi connectivity index (χ4v) is 3.40. The van der Waals surface area contributed by atoms with E-state index in [4.69, 9.17) is 0 Å². The zero-order chi connectivity index (χ0) is 12.8. The van der Waals surface area contributed by atoms with Crippen molar-refractivity contribution in [2.75, 3.05) is 32.7 Å². The number of hydrogen-bond acceptors (Lipinski definition) is 4. The Kier molecular flexibility index (Phi) is 5.60. The highest BCUT2D eigenvalue weighted by atomic mass is 32.1. The minimum absolute atomic E-state index is 0.897. The second-order valence-electron chi connectivity index (χ2n) is 5.20. The predicted molar refractivity (Wildman–Crippen MR) is 78.3 cm³/mol. The van der Waals surface area contributed by atoms with Crippen molar-refractivity contribution in [2.45, 2.75) is 33.1 Å². The molecule has 0 aromatic carbocycles. The largest absolute Gasteiger partial charge is 0.317 e. The first-order valence-electron chi connectivity index (χ1n) is 7.11. The van der Waals surface area contributed by atoms with Crippen LogP contribution in [-0.2, 0) is 6.42 Å². The van der Waals surface area contributed by atoms with Crippen molar-refractivity contribution in [2.24, 2.45) is 5.92 Å². The van der Waals surface area contributed by atoms with Gasteiger partial charge in [-0.3, -0.25) is 0 Å². The molecule has 1 aliphatic rings. The molecule has 1 N–H and O–H groups in total. The molecule has 0 aliphatic carbocycles. The quantitative estimate of drug-likeness (QED) is 0.857. The Morgan fingerprint density at radius 1 is 1.44 bits per heavy atom. The molecule has 18 heavy (non-hydrogen) atoms. The summed E-state index contributed by atoms with van der Waals surface area (Å²) >= 11 is 1.80. The predicted octanol–water partition coefficient (Wildman–Crippen LogP) is 2.32. The summed E-state index contributed by atoms with van der Waals surface area (Å²) in [4.78, 5) is 8.39. The highest BCUT2D eigenvalue weighted by Gasteiger charge is 2.16. The topological polar surface area (TPSA) is 28.2 Å². The molecule has 1 aliphatic heterocycles. The Balaban J connectivity index is 1.76. The first kappa shape index (κ1) is 14.0. The van der Waals surface area contributed by atoms with Gasteiger partial charge in [0.2, 0.25) is 0 Å². The monoisotopic (exact) mass is 267 g/mol. The summed E-state index contributed by atoms with van der Waals surface area (Å²) in [6.07, 6.45) is 3.85. The lowest BCUT2D eigenvalue weighted by Gasteiger charge is -2.29. The molecule has 0 bridgehead atoms. The van der Waals surface area contributed by atoms with Crippen LogP contribution in [0, 0.1) is 12.8 Å². The standard InChI is InChI=1S/C14H25N3S/c1-3-17(10-13-4-7-15-8-5-13)9-6-14-12(2)16-11-18-14/h11,13,15H,3-10H2,1-2H3. The van der Waals surface area contributed by atoms with Crippen molar-refractivity contribution in [1.82, 2.24) is 15.2 Å². The van der Waals surface area contributed by atoms with Gasteiger partial charge in [-0.25, -0.2) is 4.98 Å². The zero-order valence-corrected chi connectivity index (χ0v) is 12.4. The van der Waals surface area contributed by atoms with Crippen LogP contribution >= 0.6 is 11.3 Å². The second kappa shape index (κ2) is 7.22. The van der Waals surface area contributed by atoms with Gasteiger partial charge in [0.25, 0.3) is 0 Å². The maximum absolute atomic E-state index is 4.33. The maximum Gasteiger partial charge on any atom is 0.0797 e. The minimum atomic E-state index is 0.897. The molecule has 0 spiro atoms. The van der Waals surface area contributed by atoms with Gasteiger partial charge >= 0.3 is 0 Å². The summed E-state index contributed by atoms with van der Waals surface area (Å²) in [7, 11) is 0. The fraction of sp³-hybridized carbons (Fsp3) is 0.786. The van der Waals surface area contributed by atoms with Crippen LogP contribution in [0.5, 0.6) is 0 Å². The van der Waals surface area contributed by atoms with Crippen LogP contribution in [-0.4, -0.2) is 42.6 Å². The first-order chi connectivity index (χ1) is 8.79. The van der Waals surface area contributed by atoms with E-state index in [0.29, 0.717) is 0 Å². The van der Waals surface area contributed by atoms with E-state index in [1.807, 2.05) is 5.51 Å². The van der Waals surface area contributed by atoms with E-state index in [1.165, 1.54) is 56.1 Å². The fourth-order valence-electron chi connectivity index (χ4n) is 2.63. The van der Waals surface area contributed by atoms with E-state index >= 15 is 0 Å². The average Bonchev–Trinajstić information content (AvgIpc) is 2.81. The summed E-state index contributed by atoms with van der Waals surface area (Å²) in [5, 5.41) is 3.44. The summed E-state index contributed by atoms with van der Waals surface area (Å²) in [6, 6.07) is 0. The van der Waals surface area contributed by atoms with Gasteiger partial charge in [-0.15, -0.1) is 11.3 Å². The molecule has 102 valence electrons. The SMILES string of the molecule is CCN(CCc1scnc1C)CC1CCNCC1. The lowest BCUT2D eigenvalue weighted by Crippen LogP contribution is -2.37. The van der Waals surface area contributed by atoms with E-state index in [2.05, 4.69) is 29.0 Å².